The molecular formula is C9H13O3P. The van der Waals surface area contributed by atoms with Gasteiger partial charge in [-0.2, -0.15) is 0 Å². The smallest absolute Gasteiger partial charge is 0.376 e. The average Bonchev–Trinajstić information content (AvgIpc) is 2.04. The minimum Gasteiger partial charge on any atom is -0.425 e. The molecule has 13 heavy (non-hydrogen) atoms. The van der Waals surface area contributed by atoms with Crippen molar-refractivity contribution in [2.75, 3.05) is 13.3 Å². The molecule has 1 atom stereocenters. The number of hydrogen-bond acceptors (Lipinski definition) is 3. The van der Waals surface area contributed by atoms with Gasteiger partial charge in [-0.1, -0.05) is 18.2 Å². The van der Waals surface area contributed by atoms with Crippen LogP contribution in [0.25, 0.3) is 0 Å². The first-order valence-electron chi connectivity index (χ1n) is 4.11. The van der Waals surface area contributed by atoms with Crippen molar-refractivity contribution in [1.29, 1.82) is 0 Å². The van der Waals surface area contributed by atoms with E-state index in [4.69, 9.17) is 9.05 Å². The zero-order valence-electron chi connectivity index (χ0n) is 7.77. The van der Waals surface area contributed by atoms with E-state index in [1.54, 1.807) is 19.1 Å². The Labute approximate surface area is 78.2 Å². The van der Waals surface area contributed by atoms with Gasteiger partial charge in [-0.05, 0) is 19.1 Å². The number of benzene rings is 1. The molecule has 72 valence electrons. The third-order valence-corrected chi connectivity index (χ3v) is 2.65. The first-order chi connectivity index (χ1) is 6.14. The maximum Gasteiger partial charge on any atom is 0.376 e. The molecule has 0 spiro atoms. The maximum atomic E-state index is 11.5. The van der Waals surface area contributed by atoms with Crippen molar-refractivity contribution in [3.05, 3.63) is 30.3 Å². The van der Waals surface area contributed by atoms with Gasteiger partial charge in [-0.3, -0.25) is 0 Å². The molecule has 1 rings (SSSR count). The van der Waals surface area contributed by atoms with Gasteiger partial charge in [0.15, 0.2) is 0 Å². The molecule has 0 aliphatic carbocycles. The molecule has 0 aromatic heterocycles. The van der Waals surface area contributed by atoms with E-state index in [1.165, 1.54) is 6.66 Å². The Morgan fingerprint density at radius 2 is 1.92 bits per heavy atom. The summed E-state index contributed by atoms with van der Waals surface area (Å²) in [5, 5.41) is 0. The van der Waals surface area contributed by atoms with Gasteiger partial charge in [0, 0.05) is 6.66 Å². The normalized spacial score (nSPS) is 14.9. The van der Waals surface area contributed by atoms with Crippen LogP contribution in [0, 0.1) is 0 Å². The van der Waals surface area contributed by atoms with Crippen LogP contribution in [-0.4, -0.2) is 13.3 Å². The van der Waals surface area contributed by atoms with E-state index < -0.39 is 7.60 Å². The van der Waals surface area contributed by atoms with E-state index >= 15 is 0 Å². The Balaban J connectivity index is 2.64. The van der Waals surface area contributed by atoms with E-state index in [0.717, 1.165) is 0 Å². The van der Waals surface area contributed by atoms with Gasteiger partial charge in [0.1, 0.15) is 5.75 Å². The molecule has 0 N–H and O–H groups in total. The highest BCUT2D eigenvalue weighted by atomic mass is 31.2. The molecule has 0 heterocycles. The lowest BCUT2D eigenvalue weighted by Crippen LogP contribution is -1.95. The van der Waals surface area contributed by atoms with Crippen LogP contribution >= 0.6 is 7.60 Å². The molecular weight excluding hydrogens is 187 g/mol. The van der Waals surface area contributed by atoms with Crippen LogP contribution in [0.5, 0.6) is 5.75 Å². The predicted octanol–water partition coefficient (Wildman–Crippen LogP) is 2.92. The second-order valence-electron chi connectivity index (χ2n) is 2.59. The third kappa shape index (κ3) is 3.62. The molecule has 1 aromatic rings. The van der Waals surface area contributed by atoms with Crippen molar-refractivity contribution in [2.24, 2.45) is 0 Å². The highest BCUT2D eigenvalue weighted by molar-refractivity contribution is 7.53. The molecule has 0 aliphatic rings. The van der Waals surface area contributed by atoms with Gasteiger partial charge in [0.25, 0.3) is 0 Å². The summed E-state index contributed by atoms with van der Waals surface area (Å²) in [6.45, 7) is 3.63. The molecule has 4 heteroatoms. The summed E-state index contributed by atoms with van der Waals surface area (Å²) in [7, 11) is -2.91. The molecule has 0 saturated carbocycles. The fourth-order valence-corrected chi connectivity index (χ4v) is 1.96. The summed E-state index contributed by atoms with van der Waals surface area (Å²) >= 11 is 0. The fraction of sp³-hybridized carbons (Fsp3) is 0.333. The van der Waals surface area contributed by atoms with Crippen LogP contribution in [0.1, 0.15) is 6.92 Å². The zero-order valence-corrected chi connectivity index (χ0v) is 8.66. The van der Waals surface area contributed by atoms with Gasteiger partial charge in [0.05, 0.1) is 6.61 Å². The summed E-state index contributed by atoms with van der Waals surface area (Å²) < 4.78 is 21.7. The van der Waals surface area contributed by atoms with Crippen molar-refractivity contribution in [1.82, 2.24) is 0 Å². The lowest BCUT2D eigenvalue weighted by Gasteiger charge is -2.13. The second-order valence-corrected chi connectivity index (χ2v) is 4.58. The largest absolute Gasteiger partial charge is 0.425 e. The molecule has 0 aliphatic heterocycles. The Hall–Kier alpha value is -0.790. The number of rotatable bonds is 4. The molecule has 0 fully saturated rings. The molecule has 0 radical (unpaired) electrons. The highest BCUT2D eigenvalue weighted by Gasteiger charge is 2.16. The van der Waals surface area contributed by atoms with Gasteiger partial charge in [-0.15, -0.1) is 0 Å². The van der Waals surface area contributed by atoms with Crippen LogP contribution in [-0.2, 0) is 9.09 Å². The van der Waals surface area contributed by atoms with E-state index in [2.05, 4.69) is 0 Å². The van der Waals surface area contributed by atoms with E-state index in [9.17, 15) is 4.57 Å². The lowest BCUT2D eigenvalue weighted by atomic mass is 10.3. The van der Waals surface area contributed by atoms with Crippen LogP contribution in [0.15, 0.2) is 30.3 Å². The summed E-state index contributed by atoms with van der Waals surface area (Å²) in [5.74, 6) is 0.571. The summed E-state index contributed by atoms with van der Waals surface area (Å²) in [4.78, 5) is 0. The standard InChI is InChI=1S/C9H13O3P/c1-3-11-13(2,10)12-9-7-5-4-6-8-9/h4-8H,3H2,1-2H3. The second kappa shape index (κ2) is 4.45. The van der Waals surface area contributed by atoms with E-state index in [1.807, 2.05) is 18.2 Å². The average molecular weight is 200 g/mol. The Bertz CT molecular complexity index is 297. The maximum absolute atomic E-state index is 11.5. The summed E-state index contributed by atoms with van der Waals surface area (Å²) in [6.07, 6.45) is 0. The Morgan fingerprint density at radius 1 is 1.31 bits per heavy atom. The Kier molecular flexibility index (Phi) is 3.52. The van der Waals surface area contributed by atoms with Crippen LogP contribution < -0.4 is 4.52 Å². The van der Waals surface area contributed by atoms with E-state index in [-0.39, 0.29) is 0 Å². The summed E-state index contributed by atoms with van der Waals surface area (Å²) in [6, 6.07) is 9.00. The van der Waals surface area contributed by atoms with Crippen molar-refractivity contribution < 1.29 is 13.6 Å². The minimum absolute atomic E-state index is 0.389. The first-order valence-corrected chi connectivity index (χ1v) is 6.10. The molecule has 0 saturated heterocycles. The lowest BCUT2D eigenvalue weighted by molar-refractivity contribution is 0.284. The fourth-order valence-electron chi connectivity index (χ4n) is 0.934. The predicted molar refractivity (Wildman–Crippen MR) is 52.2 cm³/mol. The quantitative estimate of drug-likeness (QED) is 0.701. The van der Waals surface area contributed by atoms with E-state index in [0.29, 0.717) is 12.4 Å². The Morgan fingerprint density at radius 3 is 2.46 bits per heavy atom. The van der Waals surface area contributed by atoms with Crippen molar-refractivity contribution >= 4 is 7.60 Å². The first kappa shape index (κ1) is 10.3. The van der Waals surface area contributed by atoms with Gasteiger partial charge < -0.3 is 9.05 Å². The molecule has 1 unspecified atom stereocenters. The number of para-hydroxylation sites is 1. The molecule has 0 bridgehead atoms. The topological polar surface area (TPSA) is 35.5 Å². The van der Waals surface area contributed by atoms with Crippen molar-refractivity contribution in [2.45, 2.75) is 6.92 Å². The van der Waals surface area contributed by atoms with Crippen LogP contribution in [0.2, 0.25) is 0 Å². The molecule has 0 amide bonds. The van der Waals surface area contributed by atoms with Gasteiger partial charge in [0.2, 0.25) is 0 Å². The number of hydrogen-bond donors (Lipinski definition) is 0. The molecule has 1 aromatic carbocycles. The summed E-state index contributed by atoms with van der Waals surface area (Å²) in [5.41, 5.74) is 0. The zero-order chi connectivity index (χ0) is 9.73. The highest BCUT2D eigenvalue weighted by Crippen LogP contribution is 2.43. The van der Waals surface area contributed by atoms with Gasteiger partial charge >= 0.3 is 7.60 Å². The van der Waals surface area contributed by atoms with Crippen LogP contribution in [0.4, 0.5) is 0 Å². The van der Waals surface area contributed by atoms with Crippen LogP contribution in [0.3, 0.4) is 0 Å². The SMILES string of the molecule is CCOP(C)(=O)Oc1ccccc1. The molecule has 3 nitrogen and oxygen atoms in total. The monoisotopic (exact) mass is 200 g/mol. The minimum atomic E-state index is -2.91. The van der Waals surface area contributed by atoms with Gasteiger partial charge in [-0.25, -0.2) is 4.57 Å². The third-order valence-electron chi connectivity index (χ3n) is 1.38. The van der Waals surface area contributed by atoms with Crippen molar-refractivity contribution in [3.8, 4) is 5.75 Å². The van der Waals surface area contributed by atoms with Crippen molar-refractivity contribution in [3.63, 3.8) is 0 Å².